The van der Waals surface area contributed by atoms with Gasteiger partial charge in [0, 0.05) is 47.9 Å². The molecule has 0 saturated heterocycles. The van der Waals surface area contributed by atoms with Crippen molar-refractivity contribution in [3.8, 4) is 11.4 Å². The van der Waals surface area contributed by atoms with Crippen LogP contribution >= 0.6 is 0 Å². The molecule has 0 saturated carbocycles. The normalized spacial score (nSPS) is 14.0. The van der Waals surface area contributed by atoms with Crippen LogP contribution < -0.4 is 5.32 Å². The molecule has 0 radical (unpaired) electrons. The van der Waals surface area contributed by atoms with Gasteiger partial charge in [0.1, 0.15) is 0 Å². The summed E-state index contributed by atoms with van der Waals surface area (Å²) in [7, 11) is 0. The molecule has 1 amide bonds. The van der Waals surface area contributed by atoms with Crippen molar-refractivity contribution in [3.63, 3.8) is 0 Å². The van der Waals surface area contributed by atoms with E-state index in [0.717, 1.165) is 23.4 Å². The molecule has 2 aromatic heterocycles. The summed E-state index contributed by atoms with van der Waals surface area (Å²) in [4.78, 5) is 24.7. The fourth-order valence-electron chi connectivity index (χ4n) is 3.10. The van der Waals surface area contributed by atoms with Crippen molar-refractivity contribution in [1.82, 2.24) is 20.3 Å². The van der Waals surface area contributed by atoms with E-state index in [1.54, 1.807) is 19.2 Å². The lowest BCUT2D eigenvalue weighted by atomic mass is 9.81. The van der Waals surface area contributed by atoms with E-state index >= 15 is 0 Å². The molecular formula is C21H24F2N4O. The molecule has 5 nitrogen and oxygen atoms in total. The Balaban J connectivity index is 1.84. The maximum absolute atomic E-state index is 13.1. The van der Waals surface area contributed by atoms with E-state index in [4.69, 9.17) is 0 Å². The summed E-state index contributed by atoms with van der Waals surface area (Å²) in [6.45, 7) is 3.75. The summed E-state index contributed by atoms with van der Waals surface area (Å²) in [5.74, 6) is -2.78. The Morgan fingerprint density at radius 1 is 1.21 bits per heavy atom. The van der Waals surface area contributed by atoms with Crippen LogP contribution in [0.2, 0.25) is 0 Å². The third kappa shape index (κ3) is 4.35. The van der Waals surface area contributed by atoms with Crippen LogP contribution in [-0.4, -0.2) is 33.3 Å². The predicted molar refractivity (Wildman–Crippen MR) is 105 cm³/mol. The molecule has 2 N–H and O–H groups in total. The van der Waals surface area contributed by atoms with Crippen LogP contribution in [0.15, 0.2) is 42.7 Å². The standard InChI is InChI=1S/C21H24F2N4O/c1-4-20(2,19(28)26-13-21(3,22)23)11-14-9-10-24-18(27-14)16-12-25-17-8-6-5-7-15(16)17/h5-10,12,25H,4,11,13H2,1-3H3,(H,26,28)/t20-/m0/s1. The number of carbonyl (C=O) groups is 1. The van der Waals surface area contributed by atoms with Gasteiger partial charge < -0.3 is 10.3 Å². The van der Waals surface area contributed by atoms with Crippen LogP contribution in [-0.2, 0) is 11.2 Å². The first kappa shape index (κ1) is 19.9. The molecule has 28 heavy (non-hydrogen) atoms. The van der Waals surface area contributed by atoms with Crippen molar-refractivity contribution < 1.29 is 13.6 Å². The quantitative estimate of drug-likeness (QED) is 0.634. The number of halogens is 2. The maximum Gasteiger partial charge on any atom is 0.262 e. The number of nitrogens with zero attached hydrogens (tertiary/aromatic N) is 2. The third-order valence-corrected chi connectivity index (χ3v) is 5.00. The number of hydrogen-bond donors (Lipinski definition) is 2. The second kappa shape index (κ2) is 7.66. The molecule has 3 rings (SSSR count). The summed E-state index contributed by atoms with van der Waals surface area (Å²) in [6, 6.07) is 9.63. The van der Waals surface area contributed by atoms with E-state index in [1.165, 1.54) is 0 Å². The molecule has 0 bridgehead atoms. The van der Waals surface area contributed by atoms with Crippen LogP contribution in [0.25, 0.3) is 22.3 Å². The Kier molecular flexibility index (Phi) is 5.45. The number of para-hydroxylation sites is 1. The molecule has 0 fully saturated rings. The van der Waals surface area contributed by atoms with Gasteiger partial charge in [-0.3, -0.25) is 4.79 Å². The number of aromatic amines is 1. The van der Waals surface area contributed by atoms with Crippen LogP contribution in [0.1, 0.15) is 32.9 Å². The largest absolute Gasteiger partial charge is 0.360 e. The molecule has 1 aromatic carbocycles. The second-order valence-corrected chi connectivity index (χ2v) is 7.46. The van der Waals surface area contributed by atoms with E-state index < -0.39 is 23.8 Å². The summed E-state index contributed by atoms with van der Waals surface area (Å²) >= 11 is 0. The Labute approximate surface area is 162 Å². The van der Waals surface area contributed by atoms with Crippen molar-refractivity contribution in [2.45, 2.75) is 39.5 Å². The minimum atomic E-state index is -2.94. The van der Waals surface area contributed by atoms with Crippen LogP contribution in [0.3, 0.4) is 0 Å². The van der Waals surface area contributed by atoms with Crippen molar-refractivity contribution in [1.29, 1.82) is 0 Å². The molecule has 2 heterocycles. The highest BCUT2D eigenvalue weighted by molar-refractivity contribution is 5.93. The first-order valence-electron chi connectivity index (χ1n) is 9.26. The molecule has 0 unspecified atom stereocenters. The minimum absolute atomic E-state index is 0.336. The monoisotopic (exact) mass is 386 g/mol. The van der Waals surface area contributed by atoms with Gasteiger partial charge in [-0.2, -0.15) is 0 Å². The predicted octanol–water partition coefficient (Wildman–Crippen LogP) is 4.36. The van der Waals surface area contributed by atoms with Gasteiger partial charge in [0.15, 0.2) is 5.82 Å². The molecule has 0 aliphatic rings. The van der Waals surface area contributed by atoms with Gasteiger partial charge in [0.05, 0.1) is 12.0 Å². The molecule has 7 heteroatoms. The first-order chi connectivity index (χ1) is 13.2. The van der Waals surface area contributed by atoms with E-state index in [0.29, 0.717) is 24.4 Å². The lowest BCUT2D eigenvalue weighted by Crippen LogP contribution is -2.44. The molecule has 1 atom stereocenters. The van der Waals surface area contributed by atoms with Crippen molar-refractivity contribution in [3.05, 3.63) is 48.4 Å². The zero-order valence-corrected chi connectivity index (χ0v) is 16.2. The van der Waals surface area contributed by atoms with Crippen molar-refractivity contribution in [2.24, 2.45) is 5.41 Å². The highest BCUT2D eigenvalue weighted by atomic mass is 19.3. The zero-order chi connectivity index (χ0) is 20.4. The molecule has 3 aromatic rings. The fourth-order valence-corrected chi connectivity index (χ4v) is 3.10. The van der Waals surface area contributed by atoms with Crippen molar-refractivity contribution >= 4 is 16.8 Å². The average molecular weight is 386 g/mol. The Morgan fingerprint density at radius 3 is 2.68 bits per heavy atom. The summed E-state index contributed by atoms with van der Waals surface area (Å²) < 4.78 is 26.2. The molecule has 0 aliphatic heterocycles. The average Bonchev–Trinajstić information content (AvgIpc) is 3.09. The lowest BCUT2D eigenvalue weighted by molar-refractivity contribution is -0.132. The molecule has 0 spiro atoms. The lowest BCUT2D eigenvalue weighted by Gasteiger charge is -2.27. The number of alkyl halides is 2. The second-order valence-electron chi connectivity index (χ2n) is 7.46. The number of carbonyl (C=O) groups excluding carboxylic acids is 1. The van der Waals surface area contributed by atoms with Gasteiger partial charge in [0.25, 0.3) is 5.92 Å². The third-order valence-electron chi connectivity index (χ3n) is 5.00. The number of hydrogen-bond acceptors (Lipinski definition) is 3. The number of H-pyrrole nitrogens is 1. The minimum Gasteiger partial charge on any atom is -0.360 e. The Bertz CT molecular complexity index is 980. The van der Waals surface area contributed by atoms with Crippen molar-refractivity contribution in [2.75, 3.05) is 6.54 Å². The number of aromatic nitrogens is 3. The number of benzene rings is 1. The van der Waals surface area contributed by atoms with Gasteiger partial charge in [-0.1, -0.05) is 32.0 Å². The zero-order valence-electron chi connectivity index (χ0n) is 16.2. The van der Waals surface area contributed by atoms with Crippen LogP contribution in [0.5, 0.6) is 0 Å². The van der Waals surface area contributed by atoms with E-state index in [1.807, 2.05) is 37.4 Å². The summed E-state index contributed by atoms with van der Waals surface area (Å²) in [6.07, 6.45) is 4.36. The topological polar surface area (TPSA) is 70.7 Å². The fraction of sp³-hybridized carbons (Fsp3) is 0.381. The van der Waals surface area contributed by atoms with E-state index in [2.05, 4.69) is 20.3 Å². The highest BCUT2D eigenvalue weighted by Crippen LogP contribution is 2.29. The van der Waals surface area contributed by atoms with Crippen LogP contribution in [0, 0.1) is 5.41 Å². The Morgan fingerprint density at radius 2 is 1.96 bits per heavy atom. The number of amides is 1. The van der Waals surface area contributed by atoms with Gasteiger partial charge in [-0.05, 0) is 18.6 Å². The highest BCUT2D eigenvalue weighted by Gasteiger charge is 2.34. The molecule has 0 aliphatic carbocycles. The van der Waals surface area contributed by atoms with Gasteiger partial charge in [-0.25, -0.2) is 18.7 Å². The number of nitrogens with one attached hydrogen (secondary N) is 2. The number of rotatable bonds is 7. The van der Waals surface area contributed by atoms with E-state index in [9.17, 15) is 13.6 Å². The molecule has 148 valence electrons. The maximum atomic E-state index is 13.1. The summed E-state index contributed by atoms with van der Waals surface area (Å²) in [5, 5.41) is 3.38. The Hall–Kier alpha value is -2.83. The molecular weight excluding hydrogens is 362 g/mol. The van der Waals surface area contributed by atoms with Crippen LogP contribution in [0.4, 0.5) is 8.78 Å². The SMILES string of the molecule is CC[C@@](C)(Cc1ccnc(-c2c[nH]c3ccccc23)n1)C(=O)NCC(C)(F)F. The van der Waals surface area contributed by atoms with Gasteiger partial charge >= 0.3 is 0 Å². The van der Waals surface area contributed by atoms with E-state index in [-0.39, 0.29) is 0 Å². The smallest absolute Gasteiger partial charge is 0.262 e. The first-order valence-corrected chi connectivity index (χ1v) is 9.26. The summed E-state index contributed by atoms with van der Waals surface area (Å²) in [5.41, 5.74) is 1.73. The van der Waals surface area contributed by atoms with Gasteiger partial charge in [0.2, 0.25) is 5.91 Å². The van der Waals surface area contributed by atoms with Gasteiger partial charge in [-0.15, -0.1) is 0 Å². The number of fused-ring (bicyclic) bond motifs is 1.